The van der Waals surface area contributed by atoms with E-state index in [9.17, 15) is 13.2 Å². The van der Waals surface area contributed by atoms with Crippen LogP contribution in [0.1, 0.15) is 16.2 Å². The molecule has 0 radical (unpaired) electrons. The fourth-order valence-electron chi connectivity index (χ4n) is 2.54. The first-order chi connectivity index (χ1) is 13.3. The van der Waals surface area contributed by atoms with E-state index in [-0.39, 0.29) is 12.5 Å². The molecule has 8 nitrogen and oxygen atoms in total. The summed E-state index contributed by atoms with van der Waals surface area (Å²) < 4.78 is 29.8. The number of hydrogen-bond donors (Lipinski definition) is 0. The molecule has 1 aromatic heterocycles. The molecule has 9 heteroatoms. The zero-order valence-corrected chi connectivity index (χ0v) is 16.5. The highest BCUT2D eigenvalue weighted by Gasteiger charge is 2.18. The van der Waals surface area contributed by atoms with Crippen LogP contribution in [0, 0.1) is 0 Å². The summed E-state index contributed by atoms with van der Waals surface area (Å²) in [5.74, 6) is 0.468. The molecule has 0 N–H and O–H groups in total. The molecular weight excluding hydrogens is 380 g/mol. The number of carbonyl (C=O) groups is 1. The molecule has 0 atom stereocenters. The lowest BCUT2D eigenvalue weighted by molar-refractivity contribution is 0.0769. The Bertz CT molecular complexity index is 1080. The highest BCUT2D eigenvalue weighted by Crippen LogP contribution is 2.19. The van der Waals surface area contributed by atoms with Crippen molar-refractivity contribution in [3.63, 3.8) is 0 Å². The van der Waals surface area contributed by atoms with Crippen molar-refractivity contribution in [3.8, 4) is 11.4 Å². The first kappa shape index (κ1) is 19.6. The minimum Gasteiger partial charge on any atom is -0.337 e. The van der Waals surface area contributed by atoms with Gasteiger partial charge in [0.05, 0.1) is 18.5 Å². The van der Waals surface area contributed by atoms with Crippen molar-refractivity contribution >= 4 is 21.6 Å². The van der Waals surface area contributed by atoms with Gasteiger partial charge in [-0.05, 0) is 18.2 Å². The molecule has 0 bridgehead atoms. The van der Waals surface area contributed by atoms with Gasteiger partial charge in [-0.1, -0.05) is 41.6 Å². The van der Waals surface area contributed by atoms with E-state index >= 15 is 0 Å². The molecule has 0 spiro atoms. The second-order valence-electron chi connectivity index (χ2n) is 6.32. The van der Waals surface area contributed by atoms with Crippen LogP contribution in [0.3, 0.4) is 0 Å². The summed E-state index contributed by atoms with van der Waals surface area (Å²) in [5.41, 5.74) is 1.59. The third kappa shape index (κ3) is 4.37. The molecule has 3 aromatic rings. The van der Waals surface area contributed by atoms with Gasteiger partial charge in [0, 0.05) is 25.2 Å². The largest absolute Gasteiger partial charge is 0.337 e. The zero-order valence-electron chi connectivity index (χ0n) is 15.7. The number of nitrogens with zero attached hydrogens (tertiary/aromatic N) is 4. The summed E-state index contributed by atoms with van der Waals surface area (Å²) in [6.45, 7) is 0.130. The molecule has 1 heterocycles. The van der Waals surface area contributed by atoms with E-state index in [4.69, 9.17) is 4.52 Å². The fraction of sp³-hybridized carbons (Fsp3) is 0.211. The first-order valence-corrected chi connectivity index (χ1v) is 10.3. The van der Waals surface area contributed by atoms with Crippen LogP contribution in [0.15, 0.2) is 59.1 Å². The van der Waals surface area contributed by atoms with Crippen molar-refractivity contribution in [3.05, 3.63) is 66.1 Å². The third-order valence-corrected chi connectivity index (χ3v) is 5.38. The number of hydrogen-bond acceptors (Lipinski definition) is 6. The molecule has 0 aliphatic carbocycles. The smallest absolute Gasteiger partial charge is 0.254 e. The maximum atomic E-state index is 12.7. The molecule has 1 amide bonds. The van der Waals surface area contributed by atoms with Gasteiger partial charge in [-0.25, -0.2) is 8.42 Å². The van der Waals surface area contributed by atoms with Crippen LogP contribution in [0.5, 0.6) is 0 Å². The second kappa shape index (κ2) is 7.81. The van der Waals surface area contributed by atoms with Crippen molar-refractivity contribution in [2.75, 3.05) is 24.7 Å². The van der Waals surface area contributed by atoms with E-state index in [2.05, 4.69) is 10.1 Å². The lowest BCUT2D eigenvalue weighted by atomic mass is 10.2. The summed E-state index contributed by atoms with van der Waals surface area (Å²) in [6.07, 6.45) is 1.10. The molecule has 0 aliphatic rings. The molecule has 146 valence electrons. The number of aromatic nitrogens is 2. The summed E-state index contributed by atoms with van der Waals surface area (Å²) in [7, 11) is -0.366. The maximum absolute atomic E-state index is 12.7. The normalized spacial score (nSPS) is 11.2. The molecule has 0 aliphatic heterocycles. The fourth-order valence-corrected chi connectivity index (χ4v) is 3.04. The van der Waals surface area contributed by atoms with Gasteiger partial charge in [0.2, 0.25) is 21.7 Å². The highest BCUT2D eigenvalue weighted by molar-refractivity contribution is 7.92. The monoisotopic (exact) mass is 400 g/mol. The third-order valence-electron chi connectivity index (χ3n) is 4.17. The summed E-state index contributed by atoms with van der Waals surface area (Å²) in [5, 5.41) is 3.94. The minimum atomic E-state index is -3.42. The van der Waals surface area contributed by atoms with E-state index < -0.39 is 10.0 Å². The van der Waals surface area contributed by atoms with Crippen LogP contribution in [0.2, 0.25) is 0 Å². The highest BCUT2D eigenvalue weighted by atomic mass is 32.2. The molecule has 28 heavy (non-hydrogen) atoms. The Hall–Kier alpha value is -3.20. The molecule has 0 fully saturated rings. The quantitative estimate of drug-likeness (QED) is 0.630. The Morgan fingerprint density at radius 1 is 1.07 bits per heavy atom. The number of rotatable bonds is 6. The molecule has 0 saturated heterocycles. The van der Waals surface area contributed by atoms with Crippen LogP contribution in [0.25, 0.3) is 11.4 Å². The number of anilines is 1. The number of sulfonamides is 1. The standard InChI is InChI=1S/C19H20N4O4S/c1-22(13-17-20-18(21-27-17)14-8-5-4-6-9-14)19(24)15-10-7-11-16(12-15)23(2)28(3,25)26/h4-12H,13H2,1-3H3. The SMILES string of the molecule is CN(Cc1nc(-c2ccccc2)no1)C(=O)c1cccc(N(C)S(C)(=O)=O)c1. The maximum Gasteiger partial charge on any atom is 0.254 e. The van der Waals surface area contributed by atoms with E-state index in [0.717, 1.165) is 16.1 Å². The van der Waals surface area contributed by atoms with Crippen LogP contribution >= 0.6 is 0 Å². The second-order valence-corrected chi connectivity index (χ2v) is 8.33. The van der Waals surface area contributed by atoms with Crippen LogP contribution in [0.4, 0.5) is 5.69 Å². The van der Waals surface area contributed by atoms with E-state index in [0.29, 0.717) is 23.0 Å². The van der Waals surface area contributed by atoms with Crippen molar-refractivity contribution < 1.29 is 17.7 Å². The Morgan fingerprint density at radius 2 is 1.79 bits per heavy atom. The Morgan fingerprint density at radius 3 is 2.46 bits per heavy atom. The Labute approximate surface area is 163 Å². The lowest BCUT2D eigenvalue weighted by Gasteiger charge is -2.19. The van der Waals surface area contributed by atoms with Gasteiger partial charge in [0.1, 0.15) is 0 Å². The van der Waals surface area contributed by atoms with Gasteiger partial charge in [-0.2, -0.15) is 4.98 Å². The van der Waals surface area contributed by atoms with Gasteiger partial charge >= 0.3 is 0 Å². The van der Waals surface area contributed by atoms with Crippen LogP contribution in [-0.4, -0.2) is 49.7 Å². The number of carbonyl (C=O) groups excluding carboxylic acids is 1. The van der Waals surface area contributed by atoms with Crippen molar-refractivity contribution in [1.29, 1.82) is 0 Å². The van der Waals surface area contributed by atoms with Gasteiger partial charge < -0.3 is 9.42 Å². The van der Waals surface area contributed by atoms with Crippen molar-refractivity contribution in [2.24, 2.45) is 0 Å². The summed E-state index contributed by atoms with van der Waals surface area (Å²) >= 11 is 0. The van der Waals surface area contributed by atoms with Gasteiger partial charge in [0.15, 0.2) is 0 Å². The molecule has 0 unspecified atom stereocenters. The average Bonchev–Trinajstić information content (AvgIpc) is 3.15. The van der Waals surface area contributed by atoms with Crippen molar-refractivity contribution in [2.45, 2.75) is 6.54 Å². The minimum absolute atomic E-state index is 0.130. The van der Waals surface area contributed by atoms with E-state index in [1.165, 1.54) is 18.0 Å². The number of benzene rings is 2. The molecule has 3 rings (SSSR count). The van der Waals surface area contributed by atoms with Gasteiger partial charge in [-0.15, -0.1) is 0 Å². The topological polar surface area (TPSA) is 96.6 Å². The first-order valence-electron chi connectivity index (χ1n) is 8.43. The van der Waals surface area contributed by atoms with E-state index in [1.54, 1.807) is 25.2 Å². The summed E-state index contributed by atoms with van der Waals surface area (Å²) in [4.78, 5) is 18.5. The number of amides is 1. The zero-order chi connectivity index (χ0) is 20.3. The average molecular weight is 400 g/mol. The molecule has 2 aromatic carbocycles. The Balaban J connectivity index is 1.74. The lowest BCUT2D eigenvalue weighted by Crippen LogP contribution is -2.28. The van der Waals surface area contributed by atoms with Crippen LogP contribution in [-0.2, 0) is 16.6 Å². The van der Waals surface area contributed by atoms with Gasteiger partial charge in [-0.3, -0.25) is 9.10 Å². The van der Waals surface area contributed by atoms with Gasteiger partial charge in [0.25, 0.3) is 5.91 Å². The molecule has 0 saturated carbocycles. The van der Waals surface area contributed by atoms with Crippen molar-refractivity contribution in [1.82, 2.24) is 15.0 Å². The predicted octanol–water partition coefficient (Wildman–Crippen LogP) is 2.40. The van der Waals surface area contributed by atoms with E-state index in [1.807, 2.05) is 30.3 Å². The molecular formula is C19H20N4O4S. The predicted molar refractivity (Wildman–Crippen MR) is 105 cm³/mol. The Kier molecular flexibility index (Phi) is 5.46. The summed E-state index contributed by atoms with van der Waals surface area (Å²) in [6, 6.07) is 15.8. The van der Waals surface area contributed by atoms with Crippen LogP contribution < -0.4 is 4.31 Å².